The Morgan fingerprint density at radius 2 is 1.59 bits per heavy atom. The summed E-state index contributed by atoms with van der Waals surface area (Å²) in [6.07, 6.45) is 0. The van der Waals surface area contributed by atoms with Gasteiger partial charge in [0.05, 0.1) is 0 Å². The van der Waals surface area contributed by atoms with Crippen molar-refractivity contribution in [2.24, 2.45) is 0 Å². The van der Waals surface area contributed by atoms with E-state index in [2.05, 4.69) is 52.3 Å². The molecule has 0 radical (unpaired) electrons. The van der Waals surface area contributed by atoms with Gasteiger partial charge in [0, 0.05) is 0 Å². The molecule has 0 spiro atoms. The monoisotopic (exact) mass is 367 g/mol. The van der Waals surface area contributed by atoms with Crippen molar-refractivity contribution in [1.82, 2.24) is 4.90 Å². The van der Waals surface area contributed by atoms with Crippen LogP contribution in [0.25, 0.3) is 0 Å². The standard InChI is InChI=1S/C18H27AsFNO/c1-17(2,3)21(18(4,5)6)14-12-19(20)13-15-22-16-10-8-7-9-11-16/h7-11H,13,15H2,1-6H3. The van der Waals surface area contributed by atoms with Crippen LogP contribution < -0.4 is 4.74 Å². The van der Waals surface area contributed by atoms with Crippen molar-refractivity contribution in [1.29, 1.82) is 0 Å². The SMILES string of the molecule is CC(C)(C)N(C#C[As](F)CCOc1ccccc1)C(C)(C)C. The van der Waals surface area contributed by atoms with Gasteiger partial charge >= 0.3 is 139 Å². The van der Waals surface area contributed by atoms with E-state index in [0.29, 0.717) is 11.8 Å². The van der Waals surface area contributed by atoms with Crippen LogP contribution in [-0.2, 0) is 0 Å². The Balaban J connectivity index is 2.55. The molecular formula is C18H27AsFNO. The molecule has 0 N–H and O–H groups in total. The van der Waals surface area contributed by atoms with E-state index in [-0.39, 0.29) is 11.1 Å². The summed E-state index contributed by atoms with van der Waals surface area (Å²) in [5.41, 5.74) is -0.220. The van der Waals surface area contributed by atoms with Crippen molar-refractivity contribution in [2.75, 3.05) is 6.61 Å². The van der Waals surface area contributed by atoms with Crippen molar-refractivity contribution in [2.45, 2.75) is 57.8 Å². The average molecular weight is 367 g/mol. The molecule has 0 aromatic heterocycles. The fourth-order valence-corrected chi connectivity index (χ4v) is 3.46. The van der Waals surface area contributed by atoms with Gasteiger partial charge in [0.2, 0.25) is 0 Å². The van der Waals surface area contributed by atoms with Crippen LogP contribution in [0.1, 0.15) is 41.5 Å². The third-order valence-corrected chi connectivity index (χ3v) is 4.85. The summed E-state index contributed by atoms with van der Waals surface area (Å²) in [4.78, 5) is 2.04. The first kappa shape index (κ1) is 18.9. The van der Waals surface area contributed by atoms with Crippen LogP contribution >= 0.6 is 0 Å². The van der Waals surface area contributed by atoms with E-state index in [1.807, 2.05) is 35.2 Å². The van der Waals surface area contributed by atoms with Gasteiger partial charge in [0.25, 0.3) is 0 Å². The Bertz CT molecular complexity index is 494. The number of nitrogens with zero attached hydrogens (tertiary/aromatic N) is 1. The number of ether oxygens (including phenoxy) is 1. The first-order chi connectivity index (χ1) is 10.1. The van der Waals surface area contributed by atoms with Gasteiger partial charge in [-0.3, -0.25) is 0 Å². The molecule has 0 heterocycles. The maximum atomic E-state index is 14.1. The number of benzene rings is 1. The fraction of sp³-hybridized carbons (Fsp3) is 0.556. The van der Waals surface area contributed by atoms with Gasteiger partial charge in [-0.2, -0.15) is 0 Å². The van der Waals surface area contributed by atoms with E-state index >= 15 is 0 Å². The third kappa shape index (κ3) is 6.75. The van der Waals surface area contributed by atoms with E-state index in [9.17, 15) is 3.47 Å². The van der Waals surface area contributed by atoms with Crippen LogP contribution in [0.2, 0.25) is 5.21 Å². The van der Waals surface area contributed by atoms with Crippen molar-refractivity contribution in [3.05, 3.63) is 30.3 Å². The quantitative estimate of drug-likeness (QED) is 0.444. The number of rotatable bonds is 4. The minimum atomic E-state index is -2.64. The molecule has 1 atom stereocenters. The summed E-state index contributed by atoms with van der Waals surface area (Å²) in [5, 5.41) is 0.414. The second-order valence-corrected chi connectivity index (χ2v) is 10.1. The zero-order chi connectivity index (χ0) is 16.8. The fourth-order valence-electron chi connectivity index (χ4n) is 2.26. The molecule has 0 aliphatic rings. The van der Waals surface area contributed by atoms with Gasteiger partial charge in [-0.05, 0) is 0 Å². The summed E-state index contributed by atoms with van der Waals surface area (Å²) in [7, 11) is 0. The number of hydrogen-bond donors (Lipinski definition) is 0. The first-order valence-corrected chi connectivity index (χ1v) is 10.5. The van der Waals surface area contributed by atoms with Gasteiger partial charge in [-0.1, -0.05) is 0 Å². The normalized spacial score (nSPS) is 13.0. The Morgan fingerprint density at radius 1 is 1.05 bits per heavy atom. The zero-order valence-corrected chi connectivity index (χ0v) is 16.4. The van der Waals surface area contributed by atoms with Crippen molar-refractivity contribution in [3.63, 3.8) is 0 Å². The number of halogens is 1. The minimum absolute atomic E-state index is 0.110. The topological polar surface area (TPSA) is 12.5 Å². The van der Waals surface area contributed by atoms with Crippen molar-refractivity contribution < 1.29 is 8.20 Å². The molecule has 4 heteroatoms. The van der Waals surface area contributed by atoms with E-state index in [1.165, 1.54) is 0 Å². The summed E-state index contributed by atoms with van der Waals surface area (Å²) >= 11 is -2.64. The molecule has 0 bridgehead atoms. The summed E-state index contributed by atoms with van der Waals surface area (Å²) < 4.78 is 22.5. The Labute approximate surface area is 139 Å². The van der Waals surface area contributed by atoms with Crippen LogP contribution in [0.15, 0.2) is 30.3 Å². The van der Waals surface area contributed by atoms with Crippen LogP contribution in [-0.4, -0.2) is 37.7 Å². The summed E-state index contributed by atoms with van der Waals surface area (Å²) in [6.45, 7) is 13.0. The van der Waals surface area contributed by atoms with Gasteiger partial charge in [-0.25, -0.2) is 0 Å². The third-order valence-electron chi connectivity index (χ3n) is 2.92. The first-order valence-electron chi connectivity index (χ1n) is 7.53. The number of para-hydroxylation sites is 1. The average Bonchev–Trinajstić information content (AvgIpc) is 2.37. The van der Waals surface area contributed by atoms with Crippen molar-refractivity contribution in [3.8, 4) is 16.5 Å². The maximum absolute atomic E-state index is 14.1. The molecule has 1 unspecified atom stereocenters. The summed E-state index contributed by atoms with van der Waals surface area (Å²) in [5.74, 6) is 0.781. The zero-order valence-electron chi connectivity index (χ0n) is 14.5. The van der Waals surface area contributed by atoms with E-state index in [4.69, 9.17) is 4.74 Å². The number of hydrogen-bond acceptors (Lipinski definition) is 2. The molecule has 0 fully saturated rings. The van der Waals surface area contributed by atoms with E-state index in [1.54, 1.807) is 0 Å². The Hall–Kier alpha value is -1.13. The Kier molecular flexibility index (Phi) is 6.82. The molecule has 1 rings (SSSR count). The Morgan fingerprint density at radius 3 is 2.09 bits per heavy atom. The summed E-state index contributed by atoms with van der Waals surface area (Å²) in [6, 6.07) is 12.6. The molecule has 0 saturated heterocycles. The molecule has 0 saturated carbocycles. The van der Waals surface area contributed by atoms with Gasteiger partial charge in [-0.15, -0.1) is 0 Å². The molecule has 1 aromatic rings. The molecular weight excluding hydrogens is 340 g/mol. The van der Waals surface area contributed by atoms with Gasteiger partial charge in [0.15, 0.2) is 0 Å². The van der Waals surface area contributed by atoms with E-state index in [0.717, 1.165) is 5.75 Å². The van der Waals surface area contributed by atoms with Crippen LogP contribution in [0.4, 0.5) is 3.47 Å². The predicted octanol–water partition coefficient (Wildman–Crippen LogP) is 4.43. The molecule has 122 valence electrons. The second-order valence-electron chi connectivity index (χ2n) is 7.15. The van der Waals surface area contributed by atoms with Gasteiger partial charge in [0.1, 0.15) is 0 Å². The molecule has 0 aliphatic carbocycles. The van der Waals surface area contributed by atoms with Crippen LogP contribution in [0.5, 0.6) is 5.75 Å². The molecule has 2 nitrogen and oxygen atoms in total. The molecule has 0 aliphatic heterocycles. The molecule has 1 aromatic carbocycles. The van der Waals surface area contributed by atoms with Crippen LogP contribution in [0, 0.1) is 10.8 Å². The predicted molar refractivity (Wildman–Crippen MR) is 92.7 cm³/mol. The molecule has 0 amide bonds. The van der Waals surface area contributed by atoms with E-state index < -0.39 is 15.1 Å². The van der Waals surface area contributed by atoms with Gasteiger partial charge < -0.3 is 0 Å². The van der Waals surface area contributed by atoms with Crippen molar-refractivity contribution >= 4 is 15.1 Å². The van der Waals surface area contributed by atoms with Crippen LogP contribution in [0.3, 0.4) is 0 Å². The second kappa shape index (κ2) is 7.93. The molecule has 22 heavy (non-hydrogen) atoms.